The van der Waals surface area contributed by atoms with Gasteiger partial charge in [0.15, 0.2) is 5.78 Å². The van der Waals surface area contributed by atoms with E-state index in [9.17, 15) is 9.00 Å². The molecule has 0 aromatic heterocycles. The van der Waals surface area contributed by atoms with E-state index in [4.69, 9.17) is 5.73 Å². The van der Waals surface area contributed by atoms with Gasteiger partial charge in [-0.05, 0) is 43.7 Å². The summed E-state index contributed by atoms with van der Waals surface area (Å²) in [5.41, 5.74) is 7.31. The van der Waals surface area contributed by atoms with E-state index in [1.54, 1.807) is 13.0 Å². The Morgan fingerprint density at radius 2 is 1.84 bits per heavy atom. The molecule has 0 fully saturated rings. The normalized spacial score (nSPS) is 24.2. The Morgan fingerprint density at radius 1 is 1.21 bits per heavy atom. The van der Waals surface area contributed by atoms with Crippen molar-refractivity contribution in [3.8, 4) is 0 Å². The summed E-state index contributed by atoms with van der Waals surface area (Å²) in [4.78, 5) is 12.0. The molecule has 2 N–H and O–H groups in total. The third kappa shape index (κ3) is 3.08. The number of hydrogen-bond donors (Lipinski definition) is 1. The lowest BCUT2D eigenvalue weighted by Gasteiger charge is -2.28. The van der Waals surface area contributed by atoms with Gasteiger partial charge in [-0.3, -0.25) is 9.00 Å². The summed E-state index contributed by atoms with van der Waals surface area (Å²) in [6, 6.07) is 7.57. The highest BCUT2D eigenvalue weighted by atomic mass is 32.2. The van der Waals surface area contributed by atoms with E-state index >= 15 is 0 Å². The minimum absolute atomic E-state index is 0.0697. The van der Waals surface area contributed by atoms with Crippen molar-refractivity contribution >= 4 is 16.6 Å². The molecule has 3 nitrogen and oxygen atoms in total. The summed E-state index contributed by atoms with van der Waals surface area (Å²) in [5, 5.41) is 0. The third-order valence-corrected chi connectivity index (χ3v) is 4.83. The molecule has 1 aliphatic carbocycles. The van der Waals surface area contributed by atoms with Gasteiger partial charge in [-0.25, -0.2) is 0 Å². The molecule has 0 amide bonds. The molecule has 1 aromatic carbocycles. The number of hydrogen-bond acceptors (Lipinski definition) is 3. The summed E-state index contributed by atoms with van der Waals surface area (Å²) >= 11 is 0. The van der Waals surface area contributed by atoms with Crippen molar-refractivity contribution < 1.29 is 9.00 Å². The van der Waals surface area contributed by atoms with Gasteiger partial charge in [0.2, 0.25) is 0 Å². The quantitative estimate of drug-likeness (QED) is 0.916. The maximum absolute atomic E-state index is 12.3. The Balaban J connectivity index is 2.19. The lowest BCUT2D eigenvalue weighted by atomic mass is 9.88. The van der Waals surface area contributed by atoms with Crippen molar-refractivity contribution in [2.24, 2.45) is 5.73 Å². The van der Waals surface area contributed by atoms with E-state index in [0.717, 1.165) is 16.0 Å². The second-order valence-corrected chi connectivity index (χ2v) is 6.36. The first-order chi connectivity index (χ1) is 8.90. The Labute approximate surface area is 115 Å². The van der Waals surface area contributed by atoms with E-state index in [-0.39, 0.29) is 11.5 Å². The smallest absolute Gasteiger partial charge is 0.178 e. The highest BCUT2D eigenvalue weighted by molar-refractivity contribution is 7.85. The average molecular weight is 275 g/mol. The van der Waals surface area contributed by atoms with Crippen LogP contribution in [0.4, 0.5) is 0 Å². The molecule has 0 radical (unpaired) electrons. The third-order valence-electron chi connectivity index (χ3n) is 3.29. The Kier molecular flexibility index (Phi) is 3.83. The minimum Gasteiger partial charge on any atom is -0.318 e. The highest BCUT2D eigenvalue weighted by Gasteiger charge is 2.30. The molecular formula is C15H17NO2S. The van der Waals surface area contributed by atoms with Crippen LogP contribution in [-0.2, 0) is 15.6 Å². The number of ketones is 1. The van der Waals surface area contributed by atoms with E-state index in [0.29, 0.717) is 0 Å². The maximum Gasteiger partial charge on any atom is 0.178 e. The van der Waals surface area contributed by atoms with Gasteiger partial charge in [-0.2, -0.15) is 0 Å². The van der Waals surface area contributed by atoms with Crippen LogP contribution >= 0.6 is 0 Å². The first-order valence-corrected chi connectivity index (χ1v) is 7.38. The average Bonchev–Trinajstić information content (AvgIpc) is 2.35. The molecule has 0 saturated carbocycles. The van der Waals surface area contributed by atoms with Gasteiger partial charge < -0.3 is 5.73 Å². The molecule has 0 saturated heterocycles. The lowest BCUT2D eigenvalue weighted by Crippen LogP contribution is -2.45. The second-order valence-electron chi connectivity index (χ2n) is 4.91. The number of carbonyl (C=O) groups excluding carboxylic acids is 1. The van der Waals surface area contributed by atoms with Crippen molar-refractivity contribution in [2.45, 2.75) is 24.3 Å². The number of benzene rings is 1. The zero-order valence-corrected chi connectivity index (χ0v) is 11.9. The number of rotatable bonds is 3. The van der Waals surface area contributed by atoms with Crippen LogP contribution in [0.1, 0.15) is 12.5 Å². The minimum atomic E-state index is -1.19. The van der Waals surface area contributed by atoms with E-state index in [1.165, 1.54) is 12.2 Å². The van der Waals surface area contributed by atoms with Crippen molar-refractivity contribution in [1.82, 2.24) is 0 Å². The molecule has 2 atom stereocenters. The Hall–Kier alpha value is -1.52. The van der Waals surface area contributed by atoms with Crippen LogP contribution in [0.5, 0.6) is 0 Å². The summed E-state index contributed by atoms with van der Waals surface area (Å²) in [7, 11) is -1.19. The van der Waals surface area contributed by atoms with E-state index < -0.39 is 16.3 Å². The maximum atomic E-state index is 12.3. The van der Waals surface area contributed by atoms with Crippen LogP contribution < -0.4 is 5.73 Å². The topological polar surface area (TPSA) is 60.2 Å². The zero-order chi connectivity index (χ0) is 14.0. The van der Waals surface area contributed by atoms with Crippen molar-refractivity contribution in [3.63, 3.8) is 0 Å². The summed E-state index contributed by atoms with van der Waals surface area (Å²) < 4.78 is 12.3. The van der Waals surface area contributed by atoms with E-state index in [1.807, 2.05) is 31.2 Å². The largest absolute Gasteiger partial charge is 0.318 e. The first kappa shape index (κ1) is 13.9. The van der Waals surface area contributed by atoms with Crippen LogP contribution in [0.2, 0.25) is 0 Å². The van der Waals surface area contributed by atoms with Gasteiger partial charge in [0.25, 0.3) is 0 Å². The molecule has 19 heavy (non-hydrogen) atoms. The van der Waals surface area contributed by atoms with Gasteiger partial charge in [-0.1, -0.05) is 23.8 Å². The molecule has 1 unspecified atom stereocenters. The van der Waals surface area contributed by atoms with Gasteiger partial charge >= 0.3 is 0 Å². The Morgan fingerprint density at radius 3 is 2.42 bits per heavy atom. The predicted molar refractivity (Wildman–Crippen MR) is 77.3 cm³/mol. The van der Waals surface area contributed by atoms with Crippen molar-refractivity contribution in [3.05, 3.63) is 53.6 Å². The van der Waals surface area contributed by atoms with Crippen molar-refractivity contribution in [1.29, 1.82) is 0 Å². The predicted octanol–water partition coefficient (Wildman–Crippen LogP) is 1.89. The van der Waals surface area contributed by atoms with Crippen LogP contribution in [0.25, 0.3) is 0 Å². The summed E-state index contributed by atoms with van der Waals surface area (Å²) in [6.07, 6.45) is 4.60. The second kappa shape index (κ2) is 5.23. The monoisotopic (exact) mass is 275 g/mol. The van der Waals surface area contributed by atoms with Crippen LogP contribution in [0.15, 0.2) is 53.0 Å². The van der Waals surface area contributed by atoms with Gasteiger partial charge in [0.1, 0.15) is 0 Å². The first-order valence-electron chi connectivity index (χ1n) is 6.07. The van der Waals surface area contributed by atoms with Crippen LogP contribution in [0.3, 0.4) is 0 Å². The van der Waals surface area contributed by atoms with Gasteiger partial charge in [0.05, 0.1) is 22.1 Å². The van der Waals surface area contributed by atoms with Crippen LogP contribution in [0, 0.1) is 6.92 Å². The molecule has 1 aliphatic rings. The zero-order valence-electron chi connectivity index (χ0n) is 11.1. The molecule has 0 spiro atoms. The Bertz CT molecular complexity index is 587. The molecule has 4 heteroatoms. The SMILES string of the molecule is CC1=CC(=O)C=C[C@]1(N)CS(=O)c1ccc(C)cc1. The summed E-state index contributed by atoms with van der Waals surface area (Å²) in [5.74, 6) is 0.210. The molecule has 0 aliphatic heterocycles. The standard InChI is InChI=1S/C15H17NO2S/c1-11-3-5-14(6-4-11)19(18)10-15(16)8-7-13(17)9-12(15)2/h3-9H,10,16H2,1-2H3/t15-,19?/m0/s1. The molecule has 0 bridgehead atoms. The van der Waals surface area contributed by atoms with E-state index in [2.05, 4.69) is 0 Å². The van der Waals surface area contributed by atoms with Crippen molar-refractivity contribution in [2.75, 3.05) is 5.75 Å². The van der Waals surface area contributed by atoms with Gasteiger partial charge in [-0.15, -0.1) is 0 Å². The fourth-order valence-corrected chi connectivity index (χ4v) is 3.27. The van der Waals surface area contributed by atoms with Crippen LogP contribution in [-0.4, -0.2) is 21.3 Å². The number of carbonyl (C=O) groups is 1. The lowest BCUT2D eigenvalue weighted by molar-refractivity contribution is -0.110. The van der Waals surface area contributed by atoms with Gasteiger partial charge in [0, 0.05) is 4.90 Å². The number of nitrogens with two attached hydrogens (primary N) is 1. The number of allylic oxidation sites excluding steroid dienone is 2. The molecule has 1 aromatic rings. The molecule has 2 rings (SSSR count). The fourth-order valence-electron chi connectivity index (χ4n) is 1.91. The number of aryl methyl sites for hydroxylation is 1. The molecule has 100 valence electrons. The highest BCUT2D eigenvalue weighted by Crippen LogP contribution is 2.23. The molecule has 0 heterocycles. The fraction of sp³-hybridized carbons (Fsp3) is 0.267. The molecular weight excluding hydrogens is 258 g/mol. The summed E-state index contributed by atoms with van der Waals surface area (Å²) in [6.45, 7) is 3.78.